The number of thioether (sulfide) groups is 1. The average Bonchev–Trinajstić information content (AvgIpc) is 3.51. The average molecular weight is 640 g/mol. The molecule has 2 aromatic heterocycles. The Bertz CT molecular complexity index is 1140. The largest absolute Gasteiger partial charge is 0.394 e. The van der Waals surface area contributed by atoms with Gasteiger partial charge in [-0.2, -0.15) is 11.8 Å². The van der Waals surface area contributed by atoms with Gasteiger partial charge in [-0.25, -0.2) is 15.0 Å². The molecule has 0 radical (unpaired) electrons. The lowest BCUT2D eigenvalue weighted by Gasteiger charge is -2.45. The number of imidazole rings is 1. The van der Waals surface area contributed by atoms with Crippen molar-refractivity contribution in [2.24, 2.45) is 0 Å². The number of fused-ring (bicyclic) bond motifs is 1. The zero-order chi connectivity index (χ0) is 31.9. The number of aromatic nitrogens is 4. The second-order valence-electron chi connectivity index (χ2n) is 11.2. The molecule has 44 heavy (non-hydrogen) atoms. The Hall–Kier alpha value is -2.56. The molecule has 14 nitrogen and oxygen atoms in total. The van der Waals surface area contributed by atoms with Gasteiger partial charge in [0.25, 0.3) is 0 Å². The Kier molecular flexibility index (Phi) is 15.6. The summed E-state index contributed by atoms with van der Waals surface area (Å²) in [5.41, 5.74) is 0.795. The molecular weight excluding hydrogens is 590 g/mol. The van der Waals surface area contributed by atoms with Gasteiger partial charge in [0.15, 0.2) is 17.7 Å². The number of nitrogens with one attached hydrogen (secondary N) is 4. The van der Waals surface area contributed by atoms with Crippen molar-refractivity contribution in [3.8, 4) is 0 Å². The lowest BCUT2D eigenvalue weighted by atomic mass is 9.91. The number of anilines is 1. The highest BCUT2D eigenvalue weighted by Gasteiger charge is 2.48. The van der Waals surface area contributed by atoms with Gasteiger partial charge in [-0.15, -0.1) is 0 Å². The molecule has 0 unspecified atom stereocenters. The fraction of sp³-hybridized carbons (Fsp3) is 0.759. The van der Waals surface area contributed by atoms with E-state index in [0.29, 0.717) is 29.8 Å². The zero-order valence-electron chi connectivity index (χ0n) is 25.7. The smallest absolute Gasteiger partial charge is 0.243 e. The van der Waals surface area contributed by atoms with Crippen LogP contribution in [0.3, 0.4) is 0 Å². The van der Waals surface area contributed by atoms with Gasteiger partial charge in [-0.05, 0) is 24.9 Å². The molecule has 3 rings (SSSR count). The topological polar surface area (TPSA) is 215 Å². The maximum Gasteiger partial charge on any atom is 0.243 e. The van der Waals surface area contributed by atoms with E-state index >= 15 is 0 Å². The number of H-pyrrole nitrogens is 1. The molecule has 2 amide bonds. The van der Waals surface area contributed by atoms with E-state index in [2.05, 4.69) is 42.8 Å². The first-order valence-electron chi connectivity index (χ1n) is 15.6. The van der Waals surface area contributed by atoms with Crippen molar-refractivity contribution in [3.05, 3.63) is 12.7 Å². The molecule has 7 atom stereocenters. The first kappa shape index (κ1) is 35.9. The van der Waals surface area contributed by atoms with Crippen molar-refractivity contribution in [3.63, 3.8) is 0 Å². The summed E-state index contributed by atoms with van der Waals surface area (Å²) in [5.74, 6) is 0.00492. The number of carbonyl (C=O) groups is 2. The Balaban J connectivity index is 1.59. The van der Waals surface area contributed by atoms with Gasteiger partial charge in [-0.1, -0.05) is 58.3 Å². The van der Waals surface area contributed by atoms with Gasteiger partial charge in [-0.3, -0.25) is 9.59 Å². The van der Waals surface area contributed by atoms with E-state index in [1.807, 2.05) is 6.26 Å². The molecular formula is C29H49N7O7S. The number of aliphatic hydroxyl groups excluding tert-OH is 4. The number of nitrogens with zero attached hydrogens (tertiary/aromatic N) is 3. The molecule has 1 saturated heterocycles. The third-order valence-electron chi connectivity index (χ3n) is 7.83. The normalized spacial score (nSPS) is 23.3. The summed E-state index contributed by atoms with van der Waals surface area (Å²) in [6, 6.07) is -2.18. The molecule has 1 aliphatic heterocycles. The zero-order valence-corrected chi connectivity index (χ0v) is 26.5. The summed E-state index contributed by atoms with van der Waals surface area (Å²) in [5, 5.41) is 50.6. The number of carbonyl (C=O) groups excluding carboxylic acids is 2. The summed E-state index contributed by atoms with van der Waals surface area (Å²) < 4.78 is 5.89. The number of aromatic amines is 1. The first-order valence-corrected chi connectivity index (χ1v) is 17.0. The van der Waals surface area contributed by atoms with Gasteiger partial charge in [0, 0.05) is 6.42 Å². The van der Waals surface area contributed by atoms with Crippen LogP contribution >= 0.6 is 11.8 Å². The molecule has 1 fully saturated rings. The van der Waals surface area contributed by atoms with E-state index < -0.39 is 55.2 Å². The first-order chi connectivity index (χ1) is 21.3. The van der Waals surface area contributed by atoms with E-state index in [4.69, 9.17) is 4.74 Å². The van der Waals surface area contributed by atoms with Crippen molar-refractivity contribution in [2.45, 2.75) is 120 Å². The summed E-state index contributed by atoms with van der Waals surface area (Å²) >= 11 is 1.52. The number of unbranched alkanes of at least 4 members (excludes halogenated alkanes) is 8. The van der Waals surface area contributed by atoms with Crippen LogP contribution in [0.15, 0.2) is 12.7 Å². The SMILES string of the molecule is CCCCCCCCCCCC(=O)N[C@H](CCSC)C(=O)N[C@@H]1[C@@H](O)[C@@H](O)[C@@H](Nc2ncnc3nc[nH]c23)O[C@H]1[C@@H](O)CO. The number of amides is 2. The van der Waals surface area contributed by atoms with Crippen LogP contribution < -0.4 is 16.0 Å². The molecule has 2 aromatic rings. The van der Waals surface area contributed by atoms with Gasteiger partial charge in [0.1, 0.15) is 42.3 Å². The van der Waals surface area contributed by atoms with E-state index in [0.717, 1.165) is 25.7 Å². The third kappa shape index (κ3) is 10.5. The number of rotatable bonds is 20. The maximum absolute atomic E-state index is 13.4. The summed E-state index contributed by atoms with van der Waals surface area (Å²) in [7, 11) is 0. The molecule has 15 heteroatoms. The van der Waals surface area contributed by atoms with Crippen molar-refractivity contribution >= 4 is 40.6 Å². The lowest BCUT2D eigenvalue weighted by Crippen LogP contribution is -2.69. The van der Waals surface area contributed by atoms with Crippen LogP contribution in [0.5, 0.6) is 0 Å². The Morgan fingerprint density at radius 1 is 1.05 bits per heavy atom. The van der Waals surface area contributed by atoms with Gasteiger partial charge in [0.2, 0.25) is 11.8 Å². The predicted molar refractivity (Wildman–Crippen MR) is 168 cm³/mol. The van der Waals surface area contributed by atoms with Crippen LogP contribution in [0.4, 0.5) is 5.82 Å². The quantitative estimate of drug-likeness (QED) is 0.0960. The standard InChI is InChI=1S/C29H49N7O7S/c1-3-4-5-6-7-8-9-10-11-12-20(39)34-18(13-14-44-2)28(42)35-21-23(40)24(41)29(43-25(21)19(38)15-37)36-27-22-26(31-16-30-22)32-17-33-27/h16-19,21,23-25,29,37-38,40-41H,3-15H2,1-2H3,(H,34,39)(H,35,42)(H2,30,31,32,33,36)/t18-,19+,21-,23-,24-,25+,29+/m1/s1. The summed E-state index contributed by atoms with van der Waals surface area (Å²) in [4.78, 5) is 41.2. The second kappa shape index (κ2) is 19.1. The molecule has 1 aliphatic rings. The van der Waals surface area contributed by atoms with E-state index in [9.17, 15) is 30.0 Å². The molecule has 0 aromatic carbocycles. The number of hydrogen-bond acceptors (Lipinski definition) is 12. The molecule has 0 bridgehead atoms. The molecule has 0 saturated carbocycles. The fourth-order valence-corrected chi connectivity index (χ4v) is 5.75. The second-order valence-corrected chi connectivity index (χ2v) is 12.2. The van der Waals surface area contributed by atoms with Crippen LogP contribution in [0, 0.1) is 0 Å². The molecule has 248 valence electrons. The van der Waals surface area contributed by atoms with Crippen molar-refractivity contribution in [1.29, 1.82) is 0 Å². The molecule has 0 aliphatic carbocycles. The third-order valence-corrected chi connectivity index (χ3v) is 8.48. The highest BCUT2D eigenvalue weighted by molar-refractivity contribution is 7.98. The highest BCUT2D eigenvalue weighted by Crippen LogP contribution is 2.26. The molecule has 3 heterocycles. The Morgan fingerprint density at radius 3 is 2.43 bits per heavy atom. The molecule has 8 N–H and O–H groups in total. The molecule has 0 spiro atoms. The minimum atomic E-state index is -1.60. The predicted octanol–water partition coefficient (Wildman–Crippen LogP) is 1.21. The lowest BCUT2D eigenvalue weighted by molar-refractivity contribution is -0.204. The highest BCUT2D eigenvalue weighted by atomic mass is 32.2. The minimum absolute atomic E-state index is 0.232. The number of aliphatic hydroxyl groups is 4. The Morgan fingerprint density at radius 2 is 1.75 bits per heavy atom. The fourth-order valence-electron chi connectivity index (χ4n) is 5.28. The van der Waals surface area contributed by atoms with Crippen molar-refractivity contribution in [1.82, 2.24) is 30.6 Å². The number of ether oxygens (including phenoxy) is 1. The monoisotopic (exact) mass is 639 g/mol. The van der Waals surface area contributed by atoms with Crippen LogP contribution in [0.2, 0.25) is 0 Å². The summed E-state index contributed by atoms with van der Waals surface area (Å²) in [6.07, 6.45) is 8.13. The van der Waals surface area contributed by atoms with Gasteiger partial charge < -0.3 is 46.1 Å². The van der Waals surface area contributed by atoms with Crippen LogP contribution in [0.25, 0.3) is 11.2 Å². The summed E-state index contributed by atoms with van der Waals surface area (Å²) in [6.45, 7) is 1.47. The van der Waals surface area contributed by atoms with Crippen LogP contribution in [-0.2, 0) is 14.3 Å². The van der Waals surface area contributed by atoms with Gasteiger partial charge in [0.05, 0.1) is 19.0 Å². The van der Waals surface area contributed by atoms with E-state index in [1.54, 1.807) is 0 Å². The van der Waals surface area contributed by atoms with Crippen LogP contribution in [0.1, 0.15) is 77.6 Å². The van der Waals surface area contributed by atoms with Crippen LogP contribution in [-0.4, -0.2) is 114 Å². The number of hydrogen-bond donors (Lipinski definition) is 8. The Labute approximate surface area is 262 Å². The minimum Gasteiger partial charge on any atom is -0.394 e. The van der Waals surface area contributed by atoms with E-state index in [-0.39, 0.29) is 11.7 Å². The van der Waals surface area contributed by atoms with E-state index in [1.165, 1.54) is 56.5 Å². The maximum atomic E-state index is 13.4. The van der Waals surface area contributed by atoms with Crippen molar-refractivity contribution in [2.75, 3.05) is 23.9 Å². The van der Waals surface area contributed by atoms with Crippen molar-refractivity contribution < 1.29 is 34.8 Å². The van der Waals surface area contributed by atoms with Gasteiger partial charge >= 0.3 is 0 Å².